The maximum absolute atomic E-state index is 12.8. The molecule has 2 aromatic rings. The van der Waals surface area contributed by atoms with Crippen molar-refractivity contribution < 1.29 is 14.3 Å². The molecule has 0 aliphatic carbocycles. The Labute approximate surface area is 169 Å². The molecule has 0 radical (unpaired) electrons. The number of aryl methyl sites for hydroxylation is 1. The lowest BCUT2D eigenvalue weighted by molar-refractivity contribution is -0.173. The van der Waals surface area contributed by atoms with Gasteiger partial charge in [-0.1, -0.05) is 53.6 Å². The van der Waals surface area contributed by atoms with E-state index < -0.39 is 12.2 Å². The summed E-state index contributed by atoms with van der Waals surface area (Å²) in [5.74, 6) is -0.335. The van der Waals surface area contributed by atoms with Crippen LogP contribution in [0.3, 0.4) is 0 Å². The third-order valence-corrected chi connectivity index (χ3v) is 5.58. The number of nitrogens with one attached hydrogen (secondary N) is 1. The standard InChI is InChI=1S/C21H22ClN3O3/c1-13-4-3-5-15(12-13)19-18(21(27)28-2)23-20(14-6-8-16(22)9-7-14)25-17(26)10-11-24(19)25/h3-9,12,18-20,23H,10-11H2,1-2H3/t18-,19+,20+/m0/s1. The van der Waals surface area contributed by atoms with Gasteiger partial charge in [0.1, 0.15) is 12.2 Å². The molecular formula is C21H22ClN3O3. The van der Waals surface area contributed by atoms with Gasteiger partial charge in [-0.3, -0.25) is 19.9 Å². The van der Waals surface area contributed by atoms with Crippen LogP contribution in [0.2, 0.25) is 5.02 Å². The van der Waals surface area contributed by atoms with Crippen LogP contribution in [0, 0.1) is 6.92 Å². The molecule has 0 saturated carbocycles. The van der Waals surface area contributed by atoms with Crippen LogP contribution in [0.15, 0.2) is 48.5 Å². The molecule has 1 amide bonds. The second-order valence-corrected chi connectivity index (χ2v) is 7.57. The van der Waals surface area contributed by atoms with Crippen molar-refractivity contribution in [2.75, 3.05) is 13.7 Å². The van der Waals surface area contributed by atoms with Crippen LogP contribution >= 0.6 is 11.6 Å². The van der Waals surface area contributed by atoms with Crippen molar-refractivity contribution in [1.29, 1.82) is 0 Å². The van der Waals surface area contributed by atoms with Crippen LogP contribution in [0.1, 0.15) is 35.3 Å². The fraction of sp³-hybridized carbons (Fsp3) is 0.333. The Kier molecular flexibility index (Phi) is 5.10. The summed E-state index contributed by atoms with van der Waals surface area (Å²) in [5, 5.41) is 7.70. The van der Waals surface area contributed by atoms with Gasteiger partial charge in [0.05, 0.1) is 13.2 Å². The Morgan fingerprint density at radius 3 is 2.61 bits per heavy atom. The van der Waals surface area contributed by atoms with Crippen LogP contribution in [0.25, 0.3) is 0 Å². The van der Waals surface area contributed by atoms with E-state index in [0.717, 1.165) is 16.7 Å². The SMILES string of the molecule is COC(=O)[C@H]1N[C@@H](c2ccc(Cl)cc2)N2C(=O)CCN2[C@@H]1c1cccc(C)c1. The largest absolute Gasteiger partial charge is 0.468 e. The Balaban J connectivity index is 1.79. The number of fused-ring (bicyclic) bond motifs is 1. The Hall–Kier alpha value is -2.41. The summed E-state index contributed by atoms with van der Waals surface area (Å²) in [6, 6.07) is 14.4. The molecule has 2 aromatic carbocycles. The van der Waals surface area contributed by atoms with Crippen LogP contribution in [0.5, 0.6) is 0 Å². The van der Waals surface area contributed by atoms with Gasteiger partial charge in [-0.05, 0) is 30.2 Å². The lowest BCUT2D eigenvalue weighted by Gasteiger charge is -2.48. The minimum absolute atomic E-state index is 0.0217. The molecular weight excluding hydrogens is 378 g/mol. The van der Waals surface area contributed by atoms with Gasteiger partial charge >= 0.3 is 5.97 Å². The highest BCUT2D eigenvalue weighted by molar-refractivity contribution is 6.30. The van der Waals surface area contributed by atoms with Gasteiger partial charge in [0.2, 0.25) is 5.91 Å². The second-order valence-electron chi connectivity index (χ2n) is 7.13. The third kappa shape index (κ3) is 3.28. The fourth-order valence-electron chi connectivity index (χ4n) is 4.07. The van der Waals surface area contributed by atoms with Crippen LogP contribution < -0.4 is 5.32 Å². The molecule has 0 bridgehead atoms. The van der Waals surface area contributed by atoms with Crippen LogP contribution in [-0.2, 0) is 14.3 Å². The number of ether oxygens (including phenoxy) is 1. The molecule has 28 heavy (non-hydrogen) atoms. The number of methoxy groups -OCH3 is 1. The van der Waals surface area contributed by atoms with E-state index in [2.05, 4.69) is 5.32 Å². The van der Waals surface area contributed by atoms with Gasteiger partial charge in [0.15, 0.2) is 0 Å². The van der Waals surface area contributed by atoms with Crippen LogP contribution in [-0.4, -0.2) is 41.6 Å². The van der Waals surface area contributed by atoms with Crippen molar-refractivity contribution in [2.24, 2.45) is 0 Å². The molecule has 1 N–H and O–H groups in total. The normalized spacial score (nSPS) is 24.9. The Bertz CT molecular complexity index is 902. The van der Waals surface area contributed by atoms with Crippen molar-refractivity contribution in [1.82, 2.24) is 15.3 Å². The summed E-state index contributed by atoms with van der Waals surface area (Å²) in [6.07, 6.45) is -0.0560. The molecule has 2 heterocycles. The molecule has 3 atom stereocenters. The quantitative estimate of drug-likeness (QED) is 0.804. The number of hydrazine groups is 1. The summed E-state index contributed by atoms with van der Waals surface area (Å²) >= 11 is 6.02. The van der Waals surface area contributed by atoms with Gasteiger partial charge < -0.3 is 4.74 Å². The third-order valence-electron chi connectivity index (χ3n) is 5.33. The van der Waals surface area contributed by atoms with Crippen molar-refractivity contribution in [2.45, 2.75) is 31.6 Å². The zero-order valence-electron chi connectivity index (χ0n) is 15.8. The first-order valence-corrected chi connectivity index (χ1v) is 9.62. The zero-order chi connectivity index (χ0) is 19.8. The Morgan fingerprint density at radius 2 is 1.93 bits per heavy atom. The number of halogens is 1. The summed E-state index contributed by atoms with van der Waals surface area (Å²) in [7, 11) is 1.39. The number of hydrogen-bond donors (Lipinski definition) is 1. The monoisotopic (exact) mass is 399 g/mol. The molecule has 2 aliphatic heterocycles. The van der Waals surface area contributed by atoms with E-state index >= 15 is 0 Å². The maximum atomic E-state index is 12.8. The number of amides is 1. The number of esters is 1. The summed E-state index contributed by atoms with van der Waals surface area (Å²) < 4.78 is 5.10. The second kappa shape index (κ2) is 7.54. The molecule has 2 aliphatic rings. The van der Waals surface area contributed by atoms with E-state index in [1.807, 2.05) is 48.3 Å². The minimum Gasteiger partial charge on any atom is -0.468 e. The highest BCUT2D eigenvalue weighted by atomic mass is 35.5. The summed E-state index contributed by atoms with van der Waals surface area (Å²) in [4.78, 5) is 25.5. The molecule has 0 unspecified atom stereocenters. The van der Waals surface area contributed by atoms with Crippen molar-refractivity contribution in [3.8, 4) is 0 Å². The minimum atomic E-state index is -0.616. The van der Waals surface area contributed by atoms with Gasteiger partial charge in [0.25, 0.3) is 0 Å². The van der Waals surface area contributed by atoms with Gasteiger partial charge in [-0.15, -0.1) is 0 Å². The summed E-state index contributed by atoms with van der Waals surface area (Å²) in [5.41, 5.74) is 2.93. The van der Waals surface area contributed by atoms with E-state index in [-0.39, 0.29) is 17.9 Å². The summed E-state index contributed by atoms with van der Waals surface area (Å²) in [6.45, 7) is 2.56. The first kappa shape index (κ1) is 18.9. The van der Waals surface area contributed by atoms with E-state index in [0.29, 0.717) is 18.0 Å². The molecule has 2 saturated heterocycles. The first-order valence-electron chi connectivity index (χ1n) is 9.24. The topological polar surface area (TPSA) is 61.9 Å². The van der Waals surface area contributed by atoms with Crippen molar-refractivity contribution in [3.05, 3.63) is 70.2 Å². The predicted molar refractivity (Wildman–Crippen MR) is 105 cm³/mol. The molecule has 0 spiro atoms. The van der Waals surface area contributed by atoms with Gasteiger partial charge in [0, 0.05) is 18.0 Å². The molecule has 0 aromatic heterocycles. The predicted octanol–water partition coefficient (Wildman–Crippen LogP) is 2.98. The lowest BCUT2D eigenvalue weighted by atomic mass is 9.94. The number of nitrogens with zero attached hydrogens (tertiary/aromatic N) is 2. The zero-order valence-corrected chi connectivity index (χ0v) is 16.5. The molecule has 4 rings (SSSR count). The van der Waals surface area contributed by atoms with Gasteiger partial charge in [-0.25, -0.2) is 5.01 Å². The number of carbonyl (C=O) groups excluding carboxylic acids is 2. The van der Waals surface area contributed by atoms with Gasteiger partial charge in [-0.2, -0.15) is 0 Å². The Morgan fingerprint density at radius 1 is 1.18 bits per heavy atom. The fourth-order valence-corrected chi connectivity index (χ4v) is 4.20. The number of rotatable bonds is 3. The number of carbonyl (C=O) groups is 2. The average Bonchev–Trinajstić information content (AvgIpc) is 3.08. The molecule has 2 fully saturated rings. The van der Waals surface area contributed by atoms with Crippen LogP contribution in [0.4, 0.5) is 0 Å². The highest BCUT2D eigenvalue weighted by Crippen LogP contribution is 2.40. The van der Waals surface area contributed by atoms with E-state index in [1.54, 1.807) is 17.1 Å². The van der Waals surface area contributed by atoms with E-state index in [4.69, 9.17) is 16.3 Å². The molecule has 6 nitrogen and oxygen atoms in total. The number of hydrogen-bond acceptors (Lipinski definition) is 5. The highest BCUT2D eigenvalue weighted by Gasteiger charge is 2.50. The first-order chi connectivity index (χ1) is 13.5. The van der Waals surface area contributed by atoms with Crippen molar-refractivity contribution in [3.63, 3.8) is 0 Å². The maximum Gasteiger partial charge on any atom is 0.325 e. The number of benzene rings is 2. The van der Waals surface area contributed by atoms with Crippen molar-refractivity contribution >= 4 is 23.5 Å². The van der Waals surface area contributed by atoms with E-state index in [9.17, 15) is 9.59 Å². The smallest absolute Gasteiger partial charge is 0.325 e. The lowest BCUT2D eigenvalue weighted by Crippen LogP contribution is -2.63. The molecule has 146 valence electrons. The molecule has 7 heteroatoms. The average molecular weight is 400 g/mol. The van der Waals surface area contributed by atoms with E-state index in [1.165, 1.54) is 7.11 Å².